The summed E-state index contributed by atoms with van der Waals surface area (Å²) < 4.78 is 33.1. The van der Waals surface area contributed by atoms with Gasteiger partial charge in [0.15, 0.2) is 5.78 Å². The normalized spacial score (nSPS) is 12.8. The highest BCUT2D eigenvalue weighted by molar-refractivity contribution is 6.08. The number of carbonyl (C=O) groups excluding carboxylic acids is 2. The number of Topliss-reactive ketones (excluding diaryl/α,β-unsaturated/α-hetero) is 1. The maximum Gasteiger partial charge on any atom is 0.306 e. The van der Waals surface area contributed by atoms with E-state index in [2.05, 4.69) is 29.4 Å². The number of fused-ring (bicyclic) bond motifs is 1. The molecule has 1 heterocycles. The predicted octanol–water partition coefficient (Wildman–Crippen LogP) is 5.24. The first-order valence-corrected chi connectivity index (χ1v) is 13.1. The van der Waals surface area contributed by atoms with Gasteiger partial charge in [-0.05, 0) is 47.7 Å². The van der Waals surface area contributed by atoms with Crippen molar-refractivity contribution in [1.82, 2.24) is 10.3 Å². The zero-order valence-corrected chi connectivity index (χ0v) is 21.9. The molecule has 8 heteroatoms. The van der Waals surface area contributed by atoms with Crippen molar-refractivity contribution in [3.63, 3.8) is 0 Å². The van der Waals surface area contributed by atoms with Crippen molar-refractivity contribution < 1.29 is 23.1 Å². The molecule has 0 radical (unpaired) electrons. The van der Waals surface area contributed by atoms with E-state index in [4.69, 9.17) is 10.5 Å². The van der Waals surface area contributed by atoms with Gasteiger partial charge in [0.1, 0.15) is 17.7 Å². The number of aromatic nitrogens is 1. The van der Waals surface area contributed by atoms with E-state index < -0.39 is 29.7 Å². The summed E-state index contributed by atoms with van der Waals surface area (Å²) in [7, 11) is 0. The van der Waals surface area contributed by atoms with Gasteiger partial charge < -0.3 is 20.8 Å². The maximum absolute atomic E-state index is 13.7. The fourth-order valence-corrected chi connectivity index (χ4v) is 4.61. The van der Waals surface area contributed by atoms with E-state index in [-0.39, 0.29) is 31.6 Å². The van der Waals surface area contributed by atoms with Gasteiger partial charge in [0.05, 0.1) is 6.42 Å². The molecular formula is C31H33F2N3O3. The SMILES string of the molecule is CCc1cccc(CNC[C@@H](OC(=O)CCC(=O)c2c[nH]c3ccccc23)[C@@H](N)Cc2cc(F)cc(F)c2)c1. The molecule has 204 valence electrons. The third-order valence-electron chi connectivity index (χ3n) is 6.67. The number of ketones is 1. The molecular weight excluding hydrogens is 500 g/mol. The molecule has 0 saturated carbocycles. The fraction of sp³-hybridized carbons (Fsp3) is 0.290. The zero-order valence-electron chi connectivity index (χ0n) is 21.9. The lowest BCUT2D eigenvalue weighted by atomic mass is 10.0. The molecule has 0 fully saturated rings. The number of carbonyl (C=O) groups is 2. The summed E-state index contributed by atoms with van der Waals surface area (Å²) in [5.41, 5.74) is 10.4. The van der Waals surface area contributed by atoms with Gasteiger partial charge in [-0.25, -0.2) is 8.78 Å². The third kappa shape index (κ3) is 7.81. The number of nitrogens with two attached hydrogens (primary N) is 1. The van der Waals surface area contributed by atoms with Gasteiger partial charge >= 0.3 is 5.97 Å². The van der Waals surface area contributed by atoms with Crippen LogP contribution in [0.25, 0.3) is 10.9 Å². The van der Waals surface area contributed by atoms with Crippen molar-refractivity contribution in [2.45, 2.75) is 51.3 Å². The topological polar surface area (TPSA) is 97.2 Å². The lowest BCUT2D eigenvalue weighted by Gasteiger charge is -2.25. The van der Waals surface area contributed by atoms with E-state index >= 15 is 0 Å². The van der Waals surface area contributed by atoms with Gasteiger partial charge in [0.25, 0.3) is 0 Å². The Kier molecular flexibility index (Phi) is 9.57. The van der Waals surface area contributed by atoms with Crippen molar-refractivity contribution in [3.8, 4) is 0 Å². The van der Waals surface area contributed by atoms with Crippen molar-refractivity contribution in [3.05, 3.63) is 107 Å². The van der Waals surface area contributed by atoms with Crippen molar-refractivity contribution in [1.29, 1.82) is 0 Å². The summed E-state index contributed by atoms with van der Waals surface area (Å²) in [6.45, 7) is 2.85. The van der Waals surface area contributed by atoms with Crippen LogP contribution in [0.3, 0.4) is 0 Å². The lowest BCUT2D eigenvalue weighted by molar-refractivity contribution is -0.149. The Morgan fingerprint density at radius 1 is 0.949 bits per heavy atom. The fourth-order valence-electron chi connectivity index (χ4n) is 4.61. The molecule has 2 atom stereocenters. The van der Waals surface area contributed by atoms with Crippen molar-refractivity contribution in [2.24, 2.45) is 5.73 Å². The van der Waals surface area contributed by atoms with Crippen LogP contribution in [-0.4, -0.2) is 35.4 Å². The number of nitrogens with one attached hydrogen (secondary N) is 2. The van der Waals surface area contributed by atoms with Crippen LogP contribution in [0.15, 0.2) is 72.9 Å². The summed E-state index contributed by atoms with van der Waals surface area (Å²) in [6.07, 6.45) is 1.76. The molecule has 3 aromatic carbocycles. The molecule has 39 heavy (non-hydrogen) atoms. The number of ether oxygens (including phenoxy) is 1. The maximum atomic E-state index is 13.7. The number of hydrogen-bond donors (Lipinski definition) is 3. The second kappa shape index (κ2) is 13.3. The van der Waals surface area contributed by atoms with Gasteiger partial charge in [0.2, 0.25) is 0 Å². The van der Waals surface area contributed by atoms with E-state index in [1.807, 2.05) is 36.4 Å². The predicted molar refractivity (Wildman–Crippen MR) is 147 cm³/mol. The van der Waals surface area contributed by atoms with Crippen LogP contribution in [-0.2, 0) is 28.9 Å². The number of halogens is 2. The number of H-pyrrole nitrogens is 1. The molecule has 0 aliphatic rings. The number of para-hydroxylation sites is 1. The van der Waals surface area contributed by atoms with Crippen LogP contribution in [0.2, 0.25) is 0 Å². The molecule has 6 nitrogen and oxygen atoms in total. The average molecular weight is 534 g/mol. The Labute approximate surface area is 226 Å². The van der Waals surface area contributed by atoms with E-state index in [0.717, 1.165) is 29.0 Å². The number of hydrogen-bond acceptors (Lipinski definition) is 5. The van der Waals surface area contributed by atoms with Crippen LogP contribution in [0.5, 0.6) is 0 Å². The summed E-state index contributed by atoms with van der Waals surface area (Å²) >= 11 is 0. The van der Waals surface area contributed by atoms with Crippen LogP contribution in [0.1, 0.15) is 46.8 Å². The van der Waals surface area contributed by atoms with Crippen molar-refractivity contribution in [2.75, 3.05) is 6.54 Å². The molecule has 4 rings (SSSR count). The minimum Gasteiger partial charge on any atom is -0.459 e. The monoisotopic (exact) mass is 533 g/mol. The minimum absolute atomic E-state index is 0.0189. The summed E-state index contributed by atoms with van der Waals surface area (Å²) in [4.78, 5) is 28.6. The quantitative estimate of drug-likeness (QED) is 0.161. The first-order valence-electron chi connectivity index (χ1n) is 13.1. The molecule has 0 amide bonds. The van der Waals surface area contributed by atoms with Gasteiger partial charge in [-0.3, -0.25) is 9.59 Å². The Morgan fingerprint density at radius 3 is 2.46 bits per heavy atom. The number of esters is 1. The van der Waals surface area contributed by atoms with Gasteiger partial charge in [-0.1, -0.05) is 49.4 Å². The van der Waals surface area contributed by atoms with Crippen LogP contribution < -0.4 is 11.1 Å². The zero-order chi connectivity index (χ0) is 27.8. The van der Waals surface area contributed by atoms with E-state index in [1.54, 1.807) is 6.20 Å². The van der Waals surface area contributed by atoms with Crippen LogP contribution in [0, 0.1) is 11.6 Å². The summed E-state index contributed by atoms with van der Waals surface area (Å²) in [5, 5.41) is 4.08. The Balaban J connectivity index is 1.39. The smallest absolute Gasteiger partial charge is 0.306 e. The first kappa shape index (κ1) is 28.1. The largest absolute Gasteiger partial charge is 0.459 e. The second-order valence-electron chi connectivity index (χ2n) is 9.65. The number of benzene rings is 3. The van der Waals surface area contributed by atoms with E-state index in [0.29, 0.717) is 17.7 Å². The Hall–Kier alpha value is -3.88. The first-order chi connectivity index (χ1) is 18.8. The Morgan fingerprint density at radius 2 is 1.69 bits per heavy atom. The van der Waals surface area contributed by atoms with E-state index in [1.165, 1.54) is 17.7 Å². The van der Waals surface area contributed by atoms with Crippen LogP contribution in [0.4, 0.5) is 8.78 Å². The molecule has 0 aliphatic heterocycles. The summed E-state index contributed by atoms with van der Waals surface area (Å²) in [5.74, 6) is -2.14. The highest BCUT2D eigenvalue weighted by Crippen LogP contribution is 2.20. The molecule has 1 aromatic heterocycles. The molecule has 0 spiro atoms. The molecule has 4 N–H and O–H groups in total. The second-order valence-corrected chi connectivity index (χ2v) is 9.65. The Bertz CT molecular complexity index is 1420. The van der Waals surface area contributed by atoms with Gasteiger partial charge in [0, 0.05) is 54.3 Å². The lowest BCUT2D eigenvalue weighted by Crippen LogP contribution is -2.46. The molecule has 4 aromatic rings. The number of aromatic amines is 1. The molecule has 0 saturated heterocycles. The minimum atomic E-state index is -0.777. The molecule has 0 bridgehead atoms. The molecule has 0 aliphatic carbocycles. The third-order valence-corrected chi connectivity index (χ3v) is 6.67. The van der Waals surface area contributed by atoms with Crippen LogP contribution >= 0.6 is 0 Å². The standard InChI is InChI=1S/C31H33F2N3O3/c1-2-20-6-5-7-21(12-20)17-35-19-30(27(34)15-22-13-23(32)16-24(33)14-22)39-31(38)11-10-29(37)26-18-36-28-9-4-3-8-25(26)28/h3-9,12-14,16,18,27,30,35-36H,2,10-11,15,17,19,34H2,1H3/t27-,30+/m0/s1. The van der Waals surface area contributed by atoms with E-state index in [9.17, 15) is 18.4 Å². The molecule has 0 unspecified atom stereocenters. The number of aryl methyl sites for hydroxylation is 1. The number of rotatable bonds is 13. The highest BCUT2D eigenvalue weighted by Gasteiger charge is 2.24. The van der Waals surface area contributed by atoms with Crippen molar-refractivity contribution >= 4 is 22.7 Å². The van der Waals surface area contributed by atoms with Gasteiger partial charge in [-0.2, -0.15) is 0 Å². The average Bonchev–Trinajstić information content (AvgIpc) is 3.35. The van der Waals surface area contributed by atoms with Gasteiger partial charge in [-0.15, -0.1) is 0 Å². The summed E-state index contributed by atoms with van der Waals surface area (Å²) in [6, 6.07) is 18.1. The highest BCUT2D eigenvalue weighted by atomic mass is 19.1.